The summed E-state index contributed by atoms with van der Waals surface area (Å²) in [6.45, 7) is -0.978. The van der Waals surface area contributed by atoms with Crippen LogP contribution in [0.1, 0.15) is 0 Å². The van der Waals surface area contributed by atoms with Gasteiger partial charge >= 0.3 is 0 Å². The third-order valence-electron chi connectivity index (χ3n) is 1.27. The summed E-state index contributed by atoms with van der Waals surface area (Å²) in [6.07, 6.45) is 2.04. The molecule has 0 bridgehead atoms. The average molecular weight is 225 g/mol. The number of benzene rings is 1. The van der Waals surface area contributed by atoms with Crippen LogP contribution in [0.4, 0.5) is 0 Å². The van der Waals surface area contributed by atoms with Crippen LogP contribution in [0.3, 0.4) is 0 Å². The SMILES string of the molecule is CSc1ccc(P(Cl)Cl)cc1. The third-order valence-corrected chi connectivity index (χ3v) is 3.87. The van der Waals surface area contributed by atoms with Crippen molar-refractivity contribution in [3.8, 4) is 0 Å². The van der Waals surface area contributed by atoms with Crippen LogP contribution in [0.25, 0.3) is 0 Å². The van der Waals surface area contributed by atoms with E-state index < -0.39 is 6.63 Å². The lowest BCUT2D eigenvalue weighted by Gasteiger charge is -2.00. The molecule has 0 saturated carbocycles. The van der Waals surface area contributed by atoms with Crippen molar-refractivity contribution in [3.05, 3.63) is 24.3 Å². The molecule has 11 heavy (non-hydrogen) atoms. The maximum absolute atomic E-state index is 5.72. The van der Waals surface area contributed by atoms with Crippen molar-refractivity contribution in [2.24, 2.45) is 0 Å². The van der Waals surface area contributed by atoms with Gasteiger partial charge < -0.3 is 0 Å². The molecule has 60 valence electrons. The molecule has 0 amide bonds. The topological polar surface area (TPSA) is 0 Å². The van der Waals surface area contributed by atoms with E-state index in [9.17, 15) is 0 Å². The Hall–Kier alpha value is 0.580. The zero-order valence-corrected chi connectivity index (χ0v) is 9.14. The summed E-state index contributed by atoms with van der Waals surface area (Å²) < 4.78 is 0. The quantitative estimate of drug-likeness (QED) is 0.544. The molecule has 0 unspecified atom stereocenters. The molecule has 0 atom stereocenters. The number of hydrogen-bond acceptors (Lipinski definition) is 1. The van der Waals surface area contributed by atoms with Crippen molar-refractivity contribution in [2.75, 3.05) is 6.26 Å². The molecule has 0 nitrogen and oxygen atoms in total. The second kappa shape index (κ2) is 4.57. The average Bonchev–Trinajstić information content (AvgIpc) is 2.05. The fraction of sp³-hybridized carbons (Fsp3) is 0.143. The van der Waals surface area contributed by atoms with Gasteiger partial charge in [-0.15, -0.1) is 11.8 Å². The first-order chi connectivity index (χ1) is 5.24. The monoisotopic (exact) mass is 224 g/mol. The van der Waals surface area contributed by atoms with Gasteiger partial charge in [-0.25, -0.2) is 0 Å². The van der Waals surface area contributed by atoms with Crippen LogP contribution in [-0.2, 0) is 0 Å². The van der Waals surface area contributed by atoms with Crippen LogP contribution in [0.15, 0.2) is 29.2 Å². The first-order valence-electron chi connectivity index (χ1n) is 3.00. The van der Waals surface area contributed by atoms with Gasteiger partial charge in [0, 0.05) is 10.2 Å². The summed E-state index contributed by atoms with van der Waals surface area (Å²) in [4.78, 5) is 1.24. The highest BCUT2D eigenvalue weighted by molar-refractivity contribution is 8.08. The highest BCUT2D eigenvalue weighted by Gasteiger charge is 2.01. The molecule has 0 N–H and O–H groups in total. The molecule has 0 fully saturated rings. The summed E-state index contributed by atoms with van der Waals surface area (Å²) in [6, 6.07) is 8.00. The van der Waals surface area contributed by atoms with Crippen molar-refractivity contribution in [1.29, 1.82) is 0 Å². The van der Waals surface area contributed by atoms with Gasteiger partial charge in [-0.2, -0.15) is 0 Å². The van der Waals surface area contributed by atoms with E-state index in [-0.39, 0.29) is 0 Å². The predicted octanol–water partition coefficient (Wildman–Crippen LogP) is 3.82. The van der Waals surface area contributed by atoms with Gasteiger partial charge in [0.15, 0.2) is 0 Å². The molecule has 0 saturated heterocycles. The molecule has 0 aliphatic heterocycles. The van der Waals surface area contributed by atoms with Crippen molar-refractivity contribution >= 4 is 46.2 Å². The predicted molar refractivity (Wildman–Crippen MR) is 56.5 cm³/mol. The molecule has 0 spiro atoms. The van der Waals surface area contributed by atoms with E-state index >= 15 is 0 Å². The Morgan fingerprint density at radius 1 is 1.18 bits per heavy atom. The lowest BCUT2D eigenvalue weighted by molar-refractivity contribution is 1.49. The fourth-order valence-corrected chi connectivity index (χ4v) is 2.15. The molecule has 1 aromatic rings. The molecular formula is C7H7Cl2PS. The van der Waals surface area contributed by atoms with E-state index in [1.54, 1.807) is 11.8 Å². The van der Waals surface area contributed by atoms with Crippen molar-refractivity contribution in [1.82, 2.24) is 0 Å². The van der Waals surface area contributed by atoms with Crippen LogP contribution < -0.4 is 5.30 Å². The molecular weight excluding hydrogens is 218 g/mol. The summed E-state index contributed by atoms with van der Waals surface area (Å²) in [7, 11) is 0. The minimum atomic E-state index is -0.978. The highest BCUT2D eigenvalue weighted by Crippen LogP contribution is 2.45. The molecule has 0 radical (unpaired) electrons. The van der Waals surface area contributed by atoms with Crippen LogP contribution in [0, 0.1) is 0 Å². The first kappa shape index (κ1) is 9.67. The lowest BCUT2D eigenvalue weighted by Crippen LogP contribution is -1.91. The van der Waals surface area contributed by atoms with Crippen LogP contribution in [-0.4, -0.2) is 6.26 Å². The first-order valence-corrected chi connectivity index (χ1v) is 7.37. The summed E-state index contributed by atoms with van der Waals surface area (Å²) in [5.74, 6) is 0. The van der Waals surface area contributed by atoms with Gasteiger partial charge in [0.25, 0.3) is 0 Å². The van der Waals surface area contributed by atoms with E-state index in [1.807, 2.05) is 30.5 Å². The Morgan fingerprint density at radius 2 is 1.73 bits per heavy atom. The maximum Gasteiger partial charge on any atom is 0.116 e. The number of thioether (sulfide) groups is 1. The fourth-order valence-electron chi connectivity index (χ4n) is 0.695. The van der Waals surface area contributed by atoms with E-state index in [0.29, 0.717) is 0 Å². The Bertz CT molecular complexity index is 222. The zero-order valence-electron chi connectivity index (χ0n) is 5.92. The van der Waals surface area contributed by atoms with Gasteiger partial charge in [-0.1, -0.05) is 34.6 Å². The largest absolute Gasteiger partial charge is 0.130 e. The van der Waals surface area contributed by atoms with E-state index in [4.69, 9.17) is 22.5 Å². The minimum Gasteiger partial charge on any atom is -0.130 e. The number of rotatable bonds is 2. The van der Waals surface area contributed by atoms with Crippen molar-refractivity contribution < 1.29 is 0 Å². The lowest BCUT2D eigenvalue weighted by atomic mass is 10.4. The molecule has 4 heteroatoms. The maximum atomic E-state index is 5.72. The molecule has 0 aliphatic rings. The van der Waals surface area contributed by atoms with Gasteiger partial charge in [0.05, 0.1) is 0 Å². The van der Waals surface area contributed by atoms with Gasteiger partial charge in [-0.3, -0.25) is 0 Å². The number of halogens is 2. The molecule has 0 heterocycles. The van der Waals surface area contributed by atoms with Crippen molar-refractivity contribution in [3.63, 3.8) is 0 Å². The van der Waals surface area contributed by atoms with Gasteiger partial charge in [0.2, 0.25) is 0 Å². The standard InChI is InChI=1S/C7H7Cl2PS/c1-11-7-4-2-6(3-5-7)10(8)9/h2-5H,1H3. The zero-order chi connectivity index (χ0) is 8.27. The third kappa shape index (κ3) is 2.83. The second-order valence-electron chi connectivity index (χ2n) is 1.93. The van der Waals surface area contributed by atoms with Crippen LogP contribution >= 0.6 is 40.9 Å². The molecule has 0 aromatic heterocycles. The normalized spacial score (nSPS) is 10.5. The Balaban J connectivity index is 2.83. The van der Waals surface area contributed by atoms with Gasteiger partial charge in [-0.05, 0) is 18.4 Å². The van der Waals surface area contributed by atoms with E-state index in [1.165, 1.54) is 4.90 Å². The Kier molecular flexibility index (Phi) is 4.01. The van der Waals surface area contributed by atoms with Crippen LogP contribution in [0.2, 0.25) is 0 Å². The summed E-state index contributed by atoms with van der Waals surface area (Å²) in [5.41, 5.74) is 0. The summed E-state index contributed by atoms with van der Waals surface area (Å²) >= 11 is 13.2. The smallest absolute Gasteiger partial charge is 0.116 e. The molecule has 0 aliphatic carbocycles. The molecule has 1 rings (SSSR count). The highest BCUT2D eigenvalue weighted by atomic mass is 35.9. The minimum absolute atomic E-state index is 0.978. The second-order valence-corrected chi connectivity index (χ2v) is 6.34. The Morgan fingerprint density at radius 3 is 2.09 bits per heavy atom. The van der Waals surface area contributed by atoms with Crippen LogP contribution in [0.5, 0.6) is 0 Å². The number of hydrogen-bond donors (Lipinski definition) is 0. The Labute approximate surface area is 81.6 Å². The summed E-state index contributed by atoms with van der Waals surface area (Å²) in [5, 5.41) is 1.01. The van der Waals surface area contributed by atoms with Crippen molar-refractivity contribution in [2.45, 2.75) is 4.90 Å². The van der Waals surface area contributed by atoms with Gasteiger partial charge in [0.1, 0.15) is 6.63 Å². The molecule has 1 aromatic carbocycles. The van der Waals surface area contributed by atoms with E-state index in [2.05, 4.69) is 0 Å². The van der Waals surface area contributed by atoms with E-state index in [0.717, 1.165) is 5.30 Å².